The summed E-state index contributed by atoms with van der Waals surface area (Å²) < 4.78 is 11.1. The highest BCUT2D eigenvalue weighted by Crippen LogP contribution is 2.36. The molecule has 0 radical (unpaired) electrons. The minimum absolute atomic E-state index is 0.0501. The van der Waals surface area contributed by atoms with E-state index < -0.39 is 0 Å². The van der Waals surface area contributed by atoms with Crippen molar-refractivity contribution in [2.45, 2.75) is 25.8 Å². The number of nitrogens with zero attached hydrogens (tertiary/aromatic N) is 4. The maximum atomic E-state index is 13.0. The van der Waals surface area contributed by atoms with E-state index in [0.717, 1.165) is 29.7 Å². The number of aromatic nitrogens is 3. The van der Waals surface area contributed by atoms with Crippen LogP contribution in [0, 0.1) is 6.92 Å². The number of para-hydroxylation sites is 2. The molecular formula is C23H24N4O3. The zero-order chi connectivity index (χ0) is 20.9. The van der Waals surface area contributed by atoms with Crippen LogP contribution in [0.25, 0.3) is 11.1 Å². The van der Waals surface area contributed by atoms with Gasteiger partial charge in [-0.05, 0) is 49.6 Å². The predicted molar refractivity (Wildman–Crippen MR) is 112 cm³/mol. The first-order chi connectivity index (χ1) is 14.7. The number of hydrogen-bond donors (Lipinski definition) is 0. The van der Waals surface area contributed by atoms with Gasteiger partial charge >= 0.3 is 0 Å². The van der Waals surface area contributed by atoms with Gasteiger partial charge in [0.15, 0.2) is 18.1 Å². The Morgan fingerprint density at radius 3 is 2.70 bits per heavy atom. The van der Waals surface area contributed by atoms with Crippen LogP contribution in [0.15, 0.2) is 55.0 Å². The van der Waals surface area contributed by atoms with Crippen molar-refractivity contribution in [1.29, 1.82) is 0 Å². The fourth-order valence-corrected chi connectivity index (χ4v) is 3.81. The molecule has 1 unspecified atom stereocenters. The first-order valence-corrected chi connectivity index (χ1v) is 9.96. The average molecular weight is 404 g/mol. The Morgan fingerprint density at radius 1 is 1.17 bits per heavy atom. The van der Waals surface area contributed by atoms with Gasteiger partial charge < -0.3 is 14.4 Å². The monoisotopic (exact) mass is 404 g/mol. The number of likely N-dealkylation sites (tertiary alicyclic amines) is 1. The molecule has 0 saturated carbocycles. The molecule has 1 atom stereocenters. The van der Waals surface area contributed by atoms with Crippen LogP contribution in [0.4, 0.5) is 0 Å². The highest BCUT2D eigenvalue weighted by atomic mass is 16.5. The summed E-state index contributed by atoms with van der Waals surface area (Å²) in [4.78, 5) is 28.1. The summed E-state index contributed by atoms with van der Waals surface area (Å²) in [5.74, 6) is 1.78. The highest BCUT2D eigenvalue weighted by molar-refractivity contribution is 5.79. The first kappa shape index (κ1) is 19.8. The number of benzene rings is 1. The molecule has 1 fully saturated rings. The molecule has 0 spiro atoms. The Morgan fingerprint density at radius 2 is 1.93 bits per heavy atom. The van der Waals surface area contributed by atoms with Gasteiger partial charge in [-0.15, -0.1) is 0 Å². The lowest BCUT2D eigenvalue weighted by molar-refractivity contribution is -0.134. The van der Waals surface area contributed by atoms with Crippen molar-refractivity contribution in [1.82, 2.24) is 19.9 Å². The van der Waals surface area contributed by atoms with Crippen molar-refractivity contribution in [3.05, 3.63) is 66.5 Å². The van der Waals surface area contributed by atoms with Gasteiger partial charge in [-0.3, -0.25) is 9.78 Å². The quantitative estimate of drug-likeness (QED) is 0.625. The molecule has 3 aromatic rings. The molecule has 0 aliphatic carbocycles. The van der Waals surface area contributed by atoms with E-state index in [4.69, 9.17) is 14.5 Å². The smallest absolute Gasteiger partial charge is 0.261 e. The standard InChI is InChI=1S/C23H24N4O3/c1-16-25-14-18(17-9-11-24-12-10-17)23(26-16)19-6-5-13-27(19)22(28)15-30-21-8-4-3-7-20(21)29-2/h3-4,7-12,14,19H,5-6,13,15H2,1-2H3. The second-order valence-electron chi connectivity index (χ2n) is 7.14. The van der Waals surface area contributed by atoms with Crippen LogP contribution >= 0.6 is 0 Å². The van der Waals surface area contributed by atoms with E-state index in [2.05, 4.69) is 9.97 Å². The number of methoxy groups -OCH3 is 1. The second kappa shape index (κ2) is 8.90. The minimum Gasteiger partial charge on any atom is -0.493 e. The van der Waals surface area contributed by atoms with Crippen molar-refractivity contribution < 1.29 is 14.3 Å². The maximum absolute atomic E-state index is 13.0. The fourth-order valence-electron chi connectivity index (χ4n) is 3.81. The Labute approximate surface area is 175 Å². The summed E-state index contributed by atoms with van der Waals surface area (Å²) in [7, 11) is 1.58. The van der Waals surface area contributed by atoms with Gasteiger partial charge in [0.05, 0.1) is 18.8 Å². The number of aryl methyl sites for hydroxylation is 1. The molecule has 154 valence electrons. The van der Waals surface area contributed by atoms with Gasteiger partial charge in [-0.2, -0.15) is 0 Å². The molecule has 1 aliphatic rings. The number of rotatable bonds is 6. The lowest BCUT2D eigenvalue weighted by atomic mass is 10.0. The van der Waals surface area contributed by atoms with Crippen LogP contribution in [0.5, 0.6) is 11.5 Å². The third-order valence-electron chi connectivity index (χ3n) is 5.24. The van der Waals surface area contributed by atoms with Crippen LogP contribution < -0.4 is 9.47 Å². The van der Waals surface area contributed by atoms with Gasteiger partial charge in [-0.25, -0.2) is 9.97 Å². The Kier molecular flexibility index (Phi) is 5.88. The number of ether oxygens (including phenoxy) is 2. The van der Waals surface area contributed by atoms with Crippen LogP contribution in [0.2, 0.25) is 0 Å². The van der Waals surface area contributed by atoms with E-state index in [1.54, 1.807) is 25.6 Å². The predicted octanol–water partition coefficient (Wildman–Crippen LogP) is 3.60. The number of pyridine rings is 1. The molecule has 3 heterocycles. The molecule has 0 N–H and O–H groups in total. The van der Waals surface area contributed by atoms with E-state index in [-0.39, 0.29) is 18.6 Å². The molecular weight excluding hydrogens is 380 g/mol. The normalized spacial score (nSPS) is 15.8. The molecule has 7 nitrogen and oxygen atoms in total. The number of amides is 1. The molecule has 7 heteroatoms. The van der Waals surface area contributed by atoms with Crippen LogP contribution in [0.1, 0.15) is 30.4 Å². The van der Waals surface area contributed by atoms with Gasteiger partial charge in [-0.1, -0.05) is 12.1 Å². The van der Waals surface area contributed by atoms with Crippen molar-refractivity contribution in [2.75, 3.05) is 20.3 Å². The number of carbonyl (C=O) groups excluding carboxylic acids is 1. The van der Waals surface area contributed by atoms with Crippen molar-refractivity contribution in [3.8, 4) is 22.6 Å². The lowest BCUT2D eigenvalue weighted by Crippen LogP contribution is -2.35. The Bertz CT molecular complexity index is 1030. The topological polar surface area (TPSA) is 77.4 Å². The molecule has 1 amide bonds. The average Bonchev–Trinajstić information content (AvgIpc) is 3.28. The minimum atomic E-state index is -0.108. The maximum Gasteiger partial charge on any atom is 0.261 e. The summed E-state index contributed by atoms with van der Waals surface area (Å²) in [5, 5.41) is 0. The van der Waals surface area contributed by atoms with Crippen molar-refractivity contribution in [3.63, 3.8) is 0 Å². The van der Waals surface area contributed by atoms with Crippen molar-refractivity contribution >= 4 is 5.91 Å². The van der Waals surface area contributed by atoms with E-state index in [1.165, 1.54) is 0 Å². The largest absolute Gasteiger partial charge is 0.493 e. The van der Waals surface area contributed by atoms with Gasteiger partial charge in [0.1, 0.15) is 5.82 Å². The zero-order valence-electron chi connectivity index (χ0n) is 17.1. The van der Waals surface area contributed by atoms with Crippen LogP contribution in [0.3, 0.4) is 0 Å². The van der Waals surface area contributed by atoms with E-state index in [1.807, 2.05) is 48.4 Å². The SMILES string of the molecule is COc1ccccc1OCC(=O)N1CCCC1c1nc(C)ncc1-c1ccncc1. The zero-order valence-corrected chi connectivity index (χ0v) is 17.1. The Hall–Kier alpha value is -3.48. The van der Waals surface area contributed by atoms with Crippen molar-refractivity contribution in [2.24, 2.45) is 0 Å². The number of hydrogen-bond acceptors (Lipinski definition) is 6. The first-order valence-electron chi connectivity index (χ1n) is 9.96. The molecule has 4 rings (SSSR count). The molecule has 1 aliphatic heterocycles. The second-order valence-corrected chi connectivity index (χ2v) is 7.14. The van der Waals surface area contributed by atoms with E-state index >= 15 is 0 Å². The highest BCUT2D eigenvalue weighted by Gasteiger charge is 2.33. The van der Waals surface area contributed by atoms with E-state index in [0.29, 0.717) is 23.9 Å². The molecule has 0 bridgehead atoms. The summed E-state index contributed by atoms with van der Waals surface area (Å²) in [5.41, 5.74) is 2.79. The summed E-state index contributed by atoms with van der Waals surface area (Å²) in [6.45, 7) is 2.49. The molecule has 1 aromatic carbocycles. The van der Waals surface area contributed by atoms with Gasteiger partial charge in [0, 0.05) is 30.7 Å². The molecule has 1 saturated heterocycles. The summed E-state index contributed by atoms with van der Waals surface area (Å²) in [6.07, 6.45) is 7.10. The molecule has 2 aromatic heterocycles. The number of carbonyl (C=O) groups is 1. The van der Waals surface area contributed by atoms with Crippen LogP contribution in [-0.4, -0.2) is 46.0 Å². The lowest BCUT2D eigenvalue weighted by Gasteiger charge is -2.26. The summed E-state index contributed by atoms with van der Waals surface area (Å²) in [6, 6.07) is 11.1. The molecule has 30 heavy (non-hydrogen) atoms. The third kappa shape index (κ3) is 4.10. The fraction of sp³-hybridized carbons (Fsp3) is 0.304. The summed E-state index contributed by atoms with van der Waals surface area (Å²) >= 11 is 0. The Balaban J connectivity index is 1.57. The van der Waals surface area contributed by atoms with Gasteiger partial charge in [0.2, 0.25) is 0 Å². The third-order valence-corrected chi connectivity index (χ3v) is 5.24. The van der Waals surface area contributed by atoms with E-state index in [9.17, 15) is 4.79 Å². The van der Waals surface area contributed by atoms with Gasteiger partial charge in [0.25, 0.3) is 5.91 Å². The van der Waals surface area contributed by atoms with Crippen LogP contribution in [-0.2, 0) is 4.79 Å².